The summed E-state index contributed by atoms with van der Waals surface area (Å²) in [5.41, 5.74) is 8.72. The second-order valence-electron chi connectivity index (χ2n) is 6.59. The Morgan fingerprint density at radius 3 is 2.96 bits per heavy atom. The maximum Gasteiger partial charge on any atom is 0.311 e. The van der Waals surface area contributed by atoms with Gasteiger partial charge in [-0.3, -0.25) is 14.5 Å². The zero-order chi connectivity index (χ0) is 18.7. The number of ether oxygens (including phenoxy) is 1. The molecule has 1 unspecified atom stereocenters. The summed E-state index contributed by atoms with van der Waals surface area (Å²) in [5.74, 6) is -1.45. The first-order valence-electron chi connectivity index (χ1n) is 8.84. The van der Waals surface area contributed by atoms with E-state index in [1.807, 2.05) is 10.5 Å². The van der Waals surface area contributed by atoms with Gasteiger partial charge in [-0.1, -0.05) is 0 Å². The molecular weight excluding hydrogens is 336 g/mol. The fourth-order valence-corrected chi connectivity index (χ4v) is 3.43. The molecule has 0 aromatic carbocycles. The monoisotopic (exact) mass is 360 g/mol. The summed E-state index contributed by atoms with van der Waals surface area (Å²) >= 11 is 0. The number of carbonyl (C=O) groups is 2. The van der Waals surface area contributed by atoms with E-state index in [2.05, 4.69) is 9.88 Å². The van der Waals surface area contributed by atoms with Crippen molar-refractivity contribution in [2.24, 2.45) is 5.92 Å². The topological polar surface area (TPSA) is 110 Å². The molecule has 1 aliphatic heterocycles. The van der Waals surface area contributed by atoms with Crippen LogP contribution in [0.15, 0.2) is 18.3 Å². The minimum atomic E-state index is -0.760. The zero-order valence-electron chi connectivity index (χ0n) is 14.9. The molecule has 8 nitrogen and oxygen atoms in total. The van der Waals surface area contributed by atoms with E-state index < -0.39 is 5.97 Å². The smallest absolute Gasteiger partial charge is 0.311 e. The van der Waals surface area contributed by atoms with Crippen LogP contribution in [0.1, 0.15) is 31.2 Å². The number of nitrogens with zero attached hydrogens (tertiary/aromatic N) is 3. The van der Waals surface area contributed by atoms with Gasteiger partial charge in [0.05, 0.1) is 30.3 Å². The van der Waals surface area contributed by atoms with Crippen LogP contribution in [0.5, 0.6) is 0 Å². The van der Waals surface area contributed by atoms with Gasteiger partial charge in [-0.25, -0.2) is 4.98 Å². The molecule has 0 amide bonds. The van der Waals surface area contributed by atoms with Crippen molar-refractivity contribution in [3.63, 3.8) is 0 Å². The van der Waals surface area contributed by atoms with Gasteiger partial charge >= 0.3 is 11.9 Å². The second kappa shape index (κ2) is 7.74. The number of carboxylic acids is 1. The van der Waals surface area contributed by atoms with E-state index in [1.54, 1.807) is 19.2 Å². The molecule has 2 aromatic rings. The van der Waals surface area contributed by atoms with Gasteiger partial charge in [-0.15, -0.1) is 0 Å². The third-order valence-electron chi connectivity index (χ3n) is 4.67. The first kappa shape index (κ1) is 18.2. The quantitative estimate of drug-likeness (QED) is 0.748. The first-order chi connectivity index (χ1) is 12.5. The molecule has 3 N–H and O–H groups in total. The van der Waals surface area contributed by atoms with Crippen LogP contribution in [0.4, 0.5) is 5.69 Å². The molecule has 0 aliphatic carbocycles. The molecule has 1 saturated heterocycles. The molecule has 0 radical (unpaired) electrons. The summed E-state index contributed by atoms with van der Waals surface area (Å²) in [6.45, 7) is 3.91. The number of hydrogen-bond donors (Lipinski definition) is 2. The summed E-state index contributed by atoms with van der Waals surface area (Å²) in [6, 6.07) is 3.57. The van der Waals surface area contributed by atoms with Crippen LogP contribution in [-0.4, -0.2) is 51.0 Å². The highest BCUT2D eigenvalue weighted by Crippen LogP contribution is 2.22. The van der Waals surface area contributed by atoms with Crippen molar-refractivity contribution in [2.45, 2.75) is 32.7 Å². The standard InChI is InChI=1S/C18H24N4O4/c1-2-26-17(23)8-14-15(22-10-13(19)5-6-16(22)20-14)11-21-7-3-4-12(9-21)18(24)25/h5-6,10,12H,2-4,7-9,11,19H2,1H3,(H,24,25). The first-order valence-corrected chi connectivity index (χ1v) is 8.84. The van der Waals surface area contributed by atoms with Crippen LogP contribution in [0, 0.1) is 5.92 Å². The number of aliphatic carboxylic acids is 1. The van der Waals surface area contributed by atoms with Crippen LogP contribution in [0.2, 0.25) is 0 Å². The Kier molecular flexibility index (Phi) is 5.41. The Hall–Kier alpha value is -2.61. The van der Waals surface area contributed by atoms with Gasteiger partial charge in [0.2, 0.25) is 0 Å². The summed E-state index contributed by atoms with van der Waals surface area (Å²) in [4.78, 5) is 29.9. The Morgan fingerprint density at radius 1 is 1.42 bits per heavy atom. The van der Waals surface area contributed by atoms with Gasteiger partial charge in [0.1, 0.15) is 5.65 Å². The highest BCUT2D eigenvalue weighted by Gasteiger charge is 2.27. The van der Waals surface area contributed by atoms with E-state index in [4.69, 9.17) is 10.5 Å². The lowest BCUT2D eigenvalue weighted by Crippen LogP contribution is -2.38. The molecule has 1 fully saturated rings. The number of nitrogen functional groups attached to an aromatic ring is 1. The normalized spacial score (nSPS) is 18.1. The summed E-state index contributed by atoms with van der Waals surface area (Å²) in [6.07, 6.45) is 3.40. The number of rotatable bonds is 6. The van der Waals surface area contributed by atoms with Crippen LogP contribution < -0.4 is 5.73 Å². The maximum atomic E-state index is 12.0. The number of imidazole rings is 1. The average Bonchev–Trinajstić information content (AvgIpc) is 2.92. The second-order valence-corrected chi connectivity index (χ2v) is 6.59. The lowest BCUT2D eigenvalue weighted by Gasteiger charge is -2.30. The molecule has 26 heavy (non-hydrogen) atoms. The fraction of sp³-hybridized carbons (Fsp3) is 0.500. The van der Waals surface area contributed by atoms with Crippen molar-refractivity contribution in [2.75, 3.05) is 25.4 Å². The van der Waals surface area contributed by atoms with Crippen molar-refractivity contribution >= 4 is 23.3 Å². The van der Waals surface area contributed by atoms with Crippen LogP contribution in [0.25, 0.3) is 5.65 Å². The lowest BCUT2D eigenvalue weighted by atomic mass is 9.98. The molecule has 2 aromatic heterocycles. The zero-order valence-corrected chi connectivity index (χ0v) is 14.9. The lowest BCUT2D eigenvalue weighted by molar-refractivity contribution is -0.144. The Balaban J connectivity index is 1.90. The minimum absolute atomic E-state index is 0.0843. The number of nitrogens with two attached hydrogens (primary N) is 1. The van der Waals surface area contributed by atoms with E-state index in [0.717, 1.165) is 18.7 Å². The number of likely N-dealkylation sites (tertiary alicyclic amines) is 1. The van der Waals surface area contributed by atoms with E-state index in [0.29, 0.717) is 43.1 Å². The maximum absolute atomic E-state index is 12.0. The molecule has 1 atom stereocenters. The summed E-state index contributed by atoms with van der Waals surface area (Å²) < 4.78 is 6.94. The Morgan fingerprint density at radius 2 is 2.23 bits per heavy atom. The SMILES string of the molecule is CCOC(=O)Cc1nc2ccc(N)cn2c1CN1CCCC(C(=O)O)C1. The average molecular weight is 360 g/mol. The van der Waals surface area contributed by atoms with E-state index in [9.17, 15) is 14.7 Å². The van der Waals surface area contributed by atoms with Gasteiger partial charge in [0.25, 0.3) is 0 Å². The van der Waals surface area contributed by atoms with Crippen molar-refractivity contribution in [3.8, 4) is 0 Å². The van der Waals surface area contributed by atoms with Crippen molar-refractivity contribution in [1.29, 1.82) is 0 Å². The summed E-state index contributed by atoms with van der Waals surface area (Å²) in [5, 5.41) is 9.30. The van der Waals surface area contributed by atoms with Crippen LogP contribution in [0.3, 0.4) is 0 Å². The number of aromatic nitrogens is 2. The van der Waals surface area contributed by atoms with Crippen molar-refractivity contribution in [1.82, 2.24) is 14.3 Å². The highest BCUT2D eigenvalue weighted by atomic mass is 16.5. The predicted molar refractivity (Wildman–Crippen MR) is 95.6 cm³/mol. The molecule has 3 heterocycles. The van der Waals surface area contributed by atoms with Gasteiger partial charge in [0.15, 0.2) is 0 Å². The van der Waals surface area contributed by atoms with Gasteiger partial charge < -0.3 is 20.0 Å². The van der Waals surface area contributed by atoms with E-state index >= 15 is 0 Å². The van der Waals surface area contributed by atoms with Crippen molar-refractivity contribution in [3.05, 3.63) is 29.7 Å². The molecule has 8 heteroatoms. The number of fused-ring (bicyclic) bond motifs is 1. The van der Waals surface area contributed by atoms with Crippen LogP contribution in [-0.2, 0) is 27.3 Å². The van der Waals surface area contributed by atoms with Gasteiger partial charge in [-0.05, 0) is 38.4 Å². The summed E-state index contributed by atoms with van der Waals surface area (Å²) in [7, 11) is 0. The predicted octanol–water partition coefficient (Wildman–Crippen LogP) is 1.32. The Bertz CT molecular complexity index is 817. The molecular formula is C18H24N4O4. The number of hydrogen-bond acceptors (Lipinski definition) is 6. The molecule has 140 valence electrons. The largest absolute Gasteiger partial charge is 0.481 e. The van der Waals surface area contributed by atoms with Crippen molar-refractivity contribution < 1.29 is 19.4 Å². The molecule has 3 rings (SSSR count). The number of esters is 1. The molecule has 1 aliphatic rings. The van der Waals surface area contributed by atoms with Gasteiger partial charge in [0, 0.05) is 25.0 Å². The number of piperidine rings is 1. The highest BCUT2D eigenvalue weighted by molar-refractivity contribution is 5.73. The molecule has 0 spiro atoms. The van der Waals surface area contributed by atoms with Crippen LogP contribution >= 0.6 is 0 Å². The number of carbonyl (C=O) groups excluding carboxylic acids is 1. The third kappa shape index (κ3) is 3.96. The fourth-order valence-electron chi connectivity index (χ4n) is 3.43. The molecule has 0 saturated carbocycles. The van der Waals surface area contributed by atoms with E-state index in [1.165, 1.54) is 0 Å². The third-order valence-corrected chi connectivity index (χ3v) is 4.67. The number of pyridine rings is 1. The number of anilines is 1. The van der Waals surface area contributed by atoms with E-state index in [-0.39, 0.29) is 18.3 Å². The minimum Gasteiger partial charge on any atom is -0.481 e. The number of carboxylic acid groups (broad SMARTS) is 1. The molecule has 0 bridgehead atoms. The van der Waals surface area contributed by atoms with Gasteiger partial charge in [-0.2, -0.15) is 0 Å². The Labute approximate surface area is 151 Å².